The van der Waals surface area contributed by atoms with Gasteiger partial charge < -0.3 is 16.2 Å². The van der Waals surface area contributed by atoms with Gasteiger partial charge in [0, 0.05) is 5.54 Å². The van der Waals surface area contributed by atoms with Crippen LogP contribution >= 0.6 is 0 Å². The Labute approximate surface area is 107 Å². The maximum Gasteiger partial charge on any atom is 0.354 e. The number of pyridine rings is 1. The van der Waals surface area contributed by atoms with E-state index < -0.39 is 5.97 Å². The minimum atomic E-state index is -1.05. The summed E-state index contributed by atoms with van der Waals surface area (Å²) in [6, 6.07) is 2.99. The van der Waals surface area contributed by atoms with Crippen LogP contribution in [0.4, 0.5) is 11.5 Å². The fourth-order valence-corrected chi connectivity index (χ4v) is 1.96. The predicted molar refractivity (Wildman–Crippen MR) is 72.8 cm³/mol. The second-order valence-corrected chi connectivity index (χ2v) is 4.41. The smallest absolute Gasteiger partial charge is 0.354 e. The third-order valence-corrected chi connectivity index (χ3v) is 3.56. The quantitative estimate of drug-likeness (QED) is 0.723. The van der Waals surface area contributed by atoms with Crippen molar-refractivity contribution in [1.82, 2.24) is 4.98 Å². The van der Waals surface area contributed by atoms with Crippen LogP contribution in [0.15, 0.2) is 12.1 Å². The molecule has 1 rings (SSSR count). The van der Waals surface area contributed by atoms with Crippen molar-refractivity contribution in [2.75, 3.05) is 11.1 Å². The zero-order valence-electron chi connectivity index (χ0n) is 11.2. The molecule has 0 atom stereocenters. The number of aromatic carboxylic acids is 1. The van der Waals surface area contributed by atoms with Crippen molar-refractivity contribution in [2.45, 2.75) is 45.6 Å². The zero-order valence-corrected chi connectivity index (χ0v) is 11.2. The first-order valence-corrected chi connectivity index (χ1v) is 6.26. The summed E-state index contributed by atoms with van der Waals surface area (Å²) in [5, 5.41) is 12.2. The maximum atomic E-state index is 10.9. The Balaban J connectivity index is 3.09. The molecule has 0 unspecified atom stereocenters. The summed E-state index contributed by atoms with van der Waals surface area (Å²) < 4.78 is 0. The van der Waals surface area contributed by atoms with Crippen molar-refractivity contribution in [3.8, 4) is 0 Å². The molecule has 100 valence electrons. The highest BCUT2D eigenvalue weighted by Gasteiger charge is 2.25. The van der Waals surface area contributed by atoms with Crippen LogP contribution in [-0.4, -0.2) is 21.6 Å². The van der Waals surface area contributed by atoms with Crippen molar-refractivity contribution in [3.63, 3.8) is 0 Å². The van der Waals surface area contributed by atoms with E-state index in [1.807, 2.05) is 0 Å². The molecule has 0 fully saturated rings. The summed E-state index contributed by atoms with van der Waals surface area (Å²) in [5.74, 6) is -0.589. The minimum absolute atomic E-state index is 0.00362. The number of hydrogen-bond donors (Lipinski definition) is 3. The van der Waals surface area contributed by atoms with E-state index in [-0.39, 0.29) is 11.2 Å². The lowest BCUT2D eigenvalue weighted by Crippen LogP contribution is -2.36. The fourth-order valence-electron chi connectivity index (χ4n) is 1.96. The number of aromatic nitrogens is 1. The van der Waals surface area contributed by atoms with Crippen LogP contribution in [0.1, 0.15) is 50.5 Å². The molecule has 0 aliphatic heterocycles. The van der Waals surface area contributed by atoms with Gasteiger partial charge in [-0.05, 0) is 31.4 Å². The van der Waals surface area contributed by atoms with Gasteiger partial charge in [-0.2, -0.15) is 0 Å². The van der Waals surface area contributed by atoms with Gasteiger partial charge in [0.2, 0.25) is 0 Å². The van der Waals surface area contributed by atoms with Crippen LogP contribution in [0.3, 0.4) is 0 Å². The van der Waals surface area contributed by atoms with E-state index in [0.29, 0.717) is 11.5 Å². The summed E-state index contributed by atoms with van der Waals surface area (Å²) >= 11 is 0. The standard InChI is InChI=1S/C13H21N3O2/c1-4-13(5-2,6-3)16-11-9(14)7-8-10(15-11)12(17)18/h7-8H,4-6,14H2,1-3H3,(H,15,16)(H,17,18). The SMILES string of the molecule is CCC(CC)(CC)Nc1nc(C(=O)O)ccc1N. The Morgan fingerprint density at radius 2 is 1.89 bits per heavy atom. The number of nitrogens with zero attached hydrogens (tertiary/aromatic N) is 1. The first kappa shape index (κ1) is 14.3. The van der Waals surface area contributed by atoms with E-state index in [4.69, 9.17) is 10.8 Å². The van der Waals surface area contributed by atoms with Gasteiger partial charge in [-0.3, -0.25) is 0 Å². The zero-order chi connectivity index (χ0) is 13.8. The van der Waals surface area contributed by atoms with Crippen LogP contribution in [0.25, 0.3) is 0 Å². The molecule has 0 spiro atoms. The van der Waals surface area contributed by atoms with Crippen LogP contribution in [0.5, 0.6) is 0 Å². The predicted octanol–water partition coefficient (Wildman–Crippen LogP) is 2.74. The van der Waals surface area contributed by atoms with E-state index in [2.05, 4.69) is 31.1 Å². The van der Waals surface area contributed by atoms with E-state index in [1.165, 1.54) is 6.07 Å². The van der Waals surface area contributed by atoms with Gasteiger partial charge in [0.1, 0.15) is 0 Å². The number of nitrogens with two attached hydrogens (primary N) is 1. The lowest BCUT2D eigenvalue weighted by Gasteiger charge is -2.32. The van der Waals surface area contributed by atoms with Crippen LogP contribution < -0.4 is 11.1 Å². The average Bonchev–Trinajstić information content (AvgIpc) is 2.38. The van der Waals surface area contributed by atoms with Gasteiger partial charge in [-0.1, -0.05) is 20.8 Å². The van der Waals surface area contributed by atoms with Crippen LogP contribution in [-0.2, 0) is 0 Å². The molecule has 18 heavy (non-hydrogen) atoms. The average molecular weight is 251 g/mol. The van der Waals surface area contributed by atoms with E-state index in [0.717, 1.165) is 19.3 Å². The first-order chi connectivity index (χ1) is 8.48. The Morgan fingerprint density at radius 3 is 2.33 bits per heavy atom. The molecule has 1 heterocycles. The molecule has 0 aliphatic carbocycles. The fraction of sp³-hybridized carbons (Fsp3) is 0.538. The van der Waals surface area contributed by atoms with Crippen molar-refractivity contribution >= 4 is 17.5 Å². The van der Waals surface area contributed by atoms with Gasteiger partial charge in [-0.25, -0.2) is 9.78 Å². The maximum absolute atomic E-state index is 10.9. The third-order valence-electron chi connectivity index (χ3n) is 3.56. The Hall–Kier alpha value is -1.78. The molecule has 1 aromatic rings. The summed E-state index contributed by atoms with van der Waals surface area (Å²) in [7, 11) is 0. The van der Waals surface area contributed by atoms with Gasteiger partial charge in [0.25, 0.3) is 0 Å². The molecule has 5 nitrogen and oxygen atoms in total. The topological polar surface area (TPSA) is 88.2 Å². The second kappa shape index (κ2) is 5.71. The monoisotopic (exact) mass is 251 g/mol. The Bertz CT molecular complexity index is 420. The second-order valence-electron chi connectivity index (χ2n) is 4.41. The molecule has 0 aromatic carbocycles. The summed E-state index contributed by atoms with van der Waals surface area (Å²) in [4.78, 5) is 15.0. The normalized spacial score (nSPS) is 11.3. The Kier molecular flexibility index (Phi) is 4.53. The van der Waals surface area contributed by atoms with Gasteiger partial charge >= 0.3 is 5.97 Å². The molecule has 0 aliphatic rings. The number of nitrogens with one attached hydrogen (secondary N) is 1. The Morgan fingerprint density at radius 1 is 1.33 bits per heavy atom. The van der Waals surface area contributed by atoms with Gasteiger partial charge in [0.05, 0.1) is 5.69 Å². The number of anilines is 2. The highest BCUT2D eigenvalue weighted by Crippen LogP contribution is 2.27. The number of hydrogen-bond acceptors (Lipinski definition) is 4. The van der Waals surface area contributed by atoms with E-state index in [1.54, 1.807) is 6.07 Å². The lowest BCUT2D eigenvalue weighted by atomic mass is 9.90. The molecular formula is C13H21N3O2. The largest absolute Gasteiger partial charge is 0.477 e. The van der Waals surface area contributed by atoms with Crippen molar-refractivity contribution in [3.05, 3.63) is 17.8 Å². The number of nitrogen functional groups attached to an aromatic ring is 1. The summed E-state index contributed by atoms with van der Waals surface area (Å²) in [5.41, 5.74) is 6.23. The van der Waals surface area contributed by atoms with E-state index >= 15 is 0 Å². The number of rotatable bonds is 6. The summed E-state index contributed by atoms with van der Waals surface area (Å²) in [6.45, 7) is 6.28. The number of carboxylic acid groups (broad SMARTS) is 1. The van der Waals surface area contributed by atoms with Crippen LogP contribution in [0, 0.1) is 0 Å². The highest BCUT2D eigenvalue weighted by atomic mass is 16.4. The first-order valence-electron chi connectivity index (χ1n) is 6.26. The van der Waals surface area contributed by atoms with Gasteiger partial charge in [0.15, 0.2) is 11.5 Å². The number of carbonyl (C=O) groups is 1. The van der Waals surface area contributed by atoms with Crippen molar-refractivity contribution in [1.29, 1.82) is 0 Å². The molecule has 4 N–H and O–H groups in total. The molecule has 0 amide bonds. The lowest BCUT2D eigenvalue weighted by molar-refractivity contribution is 0.0690. The van der Waals surface area contributed by atoms with E-state index in [9.17, 15) is 4.79 Å². The van der Waals surface area contributed by atoms with Crippen LogP contribution in [0.2, 0.25) is 0 Å². The molecule has 0 saturated carbocycles. The molecule has 0 bridgehead atoms. The van der Waals surface area contributed by atoms with Gasteiger partial charge in [-0.15, -0.1) is 0 Å². The van der Waals surface area contributed by atoms with Crippen molar-refractivity contribution in [2.24, 2.45) is 0 Å². The molecule has 0 saturated heterocycles. The third kappa shape index (κ3) is 2.91. The summed E-state index contributed by atoms with van der Waals surface area (Å²) in [6.07, 6.45) is 2.79. The molecule has 1 aromatic heterocycles. The van der Waals surface area contributed by atoms with Crippen molar-refractivity contribution < 1.29 is 9.90 Å². The highest BCUT2D eigenvalue weighted by molar-refractivity contribution is 5.86. The number of carboxylic acids is 1. The minimum Gasteiger partial charge on any atom is -0.477 e. The molecule has 5 heteroatoms. The molecular weight excluding hydrogens is 230 g/mol. The molecule has 0 radical (unpaired) electrons.